The number of aromatic nitrogens is 1. The lowest BCUT2D eigenvalue weighted by molar-refractivity contribution is -0.142. The zero-order valence-electron chi connectivity index (χ0n) is 16.5. The molecule has 0 unspecified atom stereocenters. The van der Waals surface area contributed by atoms with E-state index in [0.717, 1.165) is 23.4 Å². The highest BCUT2D eigenvalue weighted by Gasteiger charge is 2.13. The first-order valence-corrected chi connectivity index (χ1v) is 10.2. The molecule has 0 bridgehead atoms. The Kier molecular flexibility index (Phi) is 7.19. The standard InChI is InChI=1S/C22H23NO5S/c1-26-18-12-11-15(13-19(18)27-2)17(24)14-28-22(25)10-6-5-9-21-23-16-7-3-4-8-20(16)29-21/h3-4,7-8,11-13H,5-6,9-10,14H2,1-2H3. The van der Waals surface area contributed by atoms with Crippen LogP contribution >= 0.6 is 11.3 Å². The van der Waals surface area contributed by atoms with Crippen molar-refractivity contribution in [2.24, 2.45) is 0 Å². The molecule has 2 aromatic carbocycles. The highest BCUT2D eigenvalue weighted by atomic mass is 32.1. The smallest absolute Gasteiger partial charge is 0.306 e. The van der Waals surface area contributed by atoms with Gasteiger partial charge in [0, 0.05) is 12.0 Å². The monoisotopic (exact) mass is 413 g/mol. The Morgan fingerprint density at radius 1 is 1.00 bits per heavy atom. The van der Waals surface area contributed by atoms with E-state index >= 15 is 0 Å². The van der Waals surface area contributed by atoms with E-state index < -0.39 is 0 Å². The summed E-state index contributed by atoms with van der Waals surface area (Å²) in [4.78, 5) is 28.7. The number of esters is 1. The number of aryl methyl sites for hydroxylation is 1. The summed E-state index contributed by atoms with van der Waals surface area (Å²) in [6, 6.07) is 12.9. The fraction of sp³-hybridized carbons (Fsp3) is 0.318. The predicted molar refractivity (Wildman–Crippen MR) is 112 cm³/mol. The minimum atomic E-state index is -0.372. The predicted octanol–water partition coefficient (Wildman–Crippen LogP) is 4.45. The van der Waals surface area contributed by atoms with Crippen LogP contribution in [0.4, 0.5) is 0 Å². The van der Waals surface area contributed by atoms with Crippen LogP contribution in [0.3, 0.4) is 0 Å². The Balaban J connectivity index is 1.40. The highest BCUT2D eigenvalue weighted by Crippen LogP contribution is 2.27. The van der Waals surface area contributed by atoms with Crippen molar-refractivity contribution in [1.82, 2.24) is 4.98 Å². The molecule has 0 aliphatic heterocycles. The van der Waals surface area contributed by atoms with Gasteiger partial charge in [-0.3, -0.25) is 9.59 Å². The molecular weight excluding hydrogens is 390 g/mol. The number of unbranched alkanes of at least 4 members (excludes halogenated alkanes) is 1. The van der Waals surface area contributed by atoms with Crippen LogP contribution < -0.4 is 9.47 Å². The van der Waals surface area contributed by atoms with Gasteiger partial charge in [0.05, 0.1) is 29.4 Å². The SMILES string of the molecule is COc1ccc(C(=O)COC(=O)CCCCc2nc3ccccc3s2)cc1OC. The number of rotatable bonds is 10. The maximum Gasteiger partial charge on any atom is 0.306 e. The van der Waals surface area contributed by atoms with Crippen LogP contribution in [-0.4, -0.2) is 37.6 Å². The number of benzene rings is 2. The van der Waals surface area contributed by atoms with Crippen molar-refractivity contribution in [3.8, 4) is 11.5 Å². The van der Waals surface area contributed by atoms with Gasteiger partial charge in [0.1, 0.15) is 0 Å². The first kappa shape index (κ1) is 20.8. The third kappa shape index (κ3) is 5.54. The number of hydrogen-bond acceptors (Lipinski definition) is 7. The zero-order chi connectivity index (χ0) is 20.6. The van der Waals surface area contributed by atoms with E-state index in [9.17, 15) is 9.59 Å². The molecule has 1 aromatic heterocycles. The number of hydrogen-bond donors (Lipinski definition) is 0. The van der Waals surface area contributed by atoms with E-state index in [4.69, 9.17) is 14.2 Å². The fourth-order valence-corrected chi connectivity index (χ4v) is 3.89. The molecule has 0 saturated heterocycles. The largest absolute Gasteiger partial charge is 0.493 e. The number of ether oxygens (including phenoxy) is 3. The molecule has 3 rings (SSSR count). The Bertz CT molecular complexity index is 965. The van der Waals surface area contributed by atoms with Gasteiger partial charge in [0.25, 0.3) is 0 Å². The van der Waals surface area contributed by atoms with Crippen molar-refractivity contribution in [3.63, 3.8) is 0 Å². The number of Topliss-reactive ketones (excluding diaryl/α,β-unsaturated/α-hetero) is 1. The average Bonchev–Trinajstić information content (AvgIpc) is 3.17. The second-order valence-electron chi connectivity index (χ2n) is 6.44. The number of methoxy groups -OCH3 is 2. The first-order chi connectivity index (χ1) is 14.1. The van der Waals surface area contributed by atoms with Gasteiger partial charge < -0.3 is 14.2 Å². The van der Waals surface area contributed by atoms with Crippen molar-refractivity contribution >= 4 is 33.3 Å². The molecule has 0 radical (unpaired) electrons. The molecule has 3 aromatic rings. The third-order valence-corrected chi connectivity index (χ3v) is 5.53. The highest BCUT2D eigenvalue weighted by molar-refractivity contribution is 7.18. The van der Waals surface area contributed by atoms with Crippen LogP contribution in [0.5, 0.6) is 11.5 Å². The molecule has 0 aliphatic rings. The van der Waals surface area contributed by atoms with Crippen molar-refractivity contribution in [1.29, 1.82) is 0 Å². The minimum Gasteiger partial charge on any atom is -0.493 e. The Hall–Kier alpha value is -2.93. The summed E-state index contributed by atoms with van der Waals surface area (Å²) >= 11 is 1.68. The summed E-state index contributed by atoms with van der Waals surface area (Å²) in [6.45, 7) is -0.286. The van der Waals surface area contributed by atoms with Crippen LogP contribution in [0.25, 0.3) is 10.2 Å². The molecule has 0 aliphatic carbocycles. The van der Waals surface area contributed by atoms with Crippen LogP contribution in [0.2, 0.25) is 0 Å². The summed E-state index contributed by atoms with van der Waals surface area (Å²) in [7, 11) is 3.03. The summed E-state index contributed by atoms with van der Waals surface area (Å²) in [5, 5.41) is 1.07. The molecule has 7 heteroatoms. The lowest BCUT2D eigenvalue weighted by Gasteiger charge is -2.09. The molecule has 0 saturated carbocycles. The van der Waals surface area contributed by atoms with Gasteiger partial charge in [-0.15, -0.1) is 11.3 Å². The summed E-state index contributed by atoms with van der Waals surface area (Å²) in [6.07, 6.45) is 2.65. The lowest BCUT2D eigenvalue weighted by atomic mass is 10.1. The Labute approximate surface area is 173 Å². The maximum absolute atomic E-state index is 12.2. The van der Waals surface area contributed by atoms with Crippen LogP contribution in [0.15, 0.2) is 42.5 Å². The quantitative estimate of drug-likeness (QED) is 0.278. The maximum atomic E-state index is 12.2. The van der Waals surface area contributed by atoms with Crippen molar-refractivity contribution < 1.29 is 23.8 Å². The number of para-hydroxylation sites is 1. The van der Waals surface area contributed by atoms with Crippen LogP contribution in [0, 0.1) is 0 Å². The van der Waals surface area contributed by atoms with E-state index in [1.165, 1.54) is 18.9 Å². The van der Waals surface area contributed by atoms with E-state index in [-0.39, 0.29) is 24.8 Å². The Morgan fingerprint density at radius 3 is 2.55 bits per heavy atom. The molecule has 0 spiro atoms. The number of carbonyl (C=O) groups excluding carboxylic acids is 2. The number of thiazole rings is 1. The molecule has 0 fully saturated rings. The van der Waals surface area contributed by atoms with Gasteiger partial charge in [-0.05, 0) is 49.6 Å². The summed E-state index contributed by atoms with van der Waals surface area (Å²) in [5.41, 5.74) is 1.42. The van der Waals surface area contributed by atoms with Crippen LogP contribution in [0.1, 0.15) is 34.6 Å². The van der Waals surface area contributed by atoms with Gasteiger partial charge in [0.15, 0.2) is 23.9 Å². The molecule has 1 heterocycles. The van der Waals surface area contributed by atoms with Crippen molar-refractivity contribution in [2.75, 3.05) is 20.8 Å². The van der Waals surface area contributed by atoms with Gasteiger partial charge in [-0.1, -0.05) is 12.1 Å². The van der Waals surface area contributed by atoms with Crippen molar-refractivity contribution in [3.05, 3.63) is 53.0 Å². The third-order valence-electron chi connectivity index (χ3n) is 4.43. The Morgan fingerprint density at radius 2 is 1.79 bits per heavy atom. The van der Waals surface area contributed by atoms with Crippen molar-refractivity contribution in [2.45, 2.75) is 25.7 Å². The number of nitrogens with zero attached hydrogens (tertiary/aromatic N) is 1. The van der Waals surface area contributed by atoms with Gasteiger partial charge >= 0.3 is 5.97 Å². The minimum absolute atomic E-state index is 0.282. The molecule has 0 atom stereocenters. The molecule has 0 N–H and O–H groups in total. The van der Waals surface area contributed by atoms with E-state index in [1.54, 1.807) is 29.5 Å². The number of ketones is 1. The summed E-state index contributed by atoms with van der Waals surface area (Å²) in [5.74, 6) is 0.339. The first-order valence-electron chi connectivity index (χ1n) is 9.36. The molecule has 0 amide bonds. The molecule has 29 heavy (non-hydrogen) atoms. The average molecular weight is 413 g/mol. The summed E-state index contributed by atoms with van der Waals surface area (Å²) < 4.78 is 16.6. The van der Waals surface area contributed by atoms with Gasteiger partial charge in [0.2, 0.25) is 0 Å². The van der Waals surface area contributed by atoms with Gasteiger partial charge in [-0.2, -0.15) is 0 Å². The zero-order valence-corrected chi connectivity index (χ0v) is 17.3. The van der Waals surface area contributed by atoms with E-state index in [0.29, 0.717) is 23.5 Å². The fourth-order valence-electron chi connectivity index (χ4n) is 2.88. The normalized spacial score (nSPS) is 10.7. The van der Waals surface area contributed by atoms with E-state index in [1.807, 2.05) is 18.2 Å². The van der Waals surface area contributed by atoms with E-state index in [2.05, 4.69) is 11.1 Å². The molecule has 152 valence electrons. The second-order valence-corrected chi connectivity index (χ2v) is 7.55. The molecular formula is C22H23NO5S. The topological polar surface area (TPSA) is 74.7 Å². The lowest BCUT2D eigenvalue weighted by Crippen LogP contribution is -2.14. The second kappa shape index (κ2) is 10.0. The number of carbonyl (C=O) groups is 2. The molecule has 6 nitrogen and oxygen atoms in total. The van der Waals surface area contributed by atoms with Gasteiger partial charge in [-0.25, -0.2) is 4.98 Å². The number of fused-ring (bicyclic) bond motifs is 1. The van der Waals surface area contributed by atoms with Crippen LogP contribution in [-0.2, 0) is 16.0 Å².